The van der Waals surface area contributed by atoms with Crippen LogP contribution in [0.2, 0.25) is 0 Å². The van der Waals surface area contributed by atoms with Crippen molar-refractivity contribution >= 4 is 21.7 Å². The predicted molar refractivity (Wildman–Crippen MR) is 69.6 cm³/mol. The topological polar surface area (TPSA) is 118 Å². The molecule has 7 nitrogen and oxygen atoms in total. The van der Waals surface area contributed by atoms with E-state index >= 15 is 0 Å². The summed E-state index contributed by atoms with van der Waals surface area (Å²) in [6.07, 6.45) is 1.36. The highest BCUT2D eigenvalue weighted by Gasteiger charge is 2.15. The summed E-state index contributed by atoms with van der Waals surface area (Å²) in [5.41, 5.74) is 6.29. The number of aromatic nitrogens is 2. The van der Waals surface area contributed by atoms with Gasteiger partial charge in [-0.15, -0.1) is 0 Å². The Labute approximate surface area is 110 Å². The van der Waals surface area contributed by atoms with Gasteiger partial charge in [0.1, 0.15) is 0 Å². The highest BCUT2D eigenvalue weighted by molar-refractivity contribution is 7.92. The van der Waals surface area contributed by atoms with Crippen molar-refractivity contribution in [1.29, 1.82) is 0 Å². The smallest absolute Gasteiger partial charge is 0.264 e. The molecule has 2 aromatic rings. The van der Waals surface area contributed by atoms with Gasteiger partial charge in [-0.05, 0) is 30.3 Å². The first-order valence-electron chi connectivity index (χ1n) is 5.32. The quantitative estimate of drug-likeness (QED) is 0.695. The van der Waals surface area contributed by atoms with E-state index in [2.05, 4.69) is 14.7 Å². The molecule has 0 amide bonds. The normalized spacial score (nSPS) is 11.2. The molecule has 0 spiro atoms. The minimum absolute atomic E-state index is 0.0553. The molecule has 0 aliphatic heterocycles. The highest BCUT2D eigenvalue weighted by Crippen LogP contribution is 2.14. The first-order chi connectivity index (χ1) is 9.01. The number of rotatable bonds is 4. The molecule has 0 aliphatic carbocycles. The van der Waals surface area contributed by atoms with Gasteiger partial charge in [-0.1, -0.05) is 0 Å². The third-order valence-electron chi connectivity index (χ3n) is 2.29. The fourth-order valence-electron chi connectivity index (χ4n) is 1.36. The average Bonchev–Trinajstić information content (AvgIpc) is 2.39. The number of nitrogens with two attached hydrogens (primary N) is 1. The molecule has 1 aromatic carbocycles. The number of nitrogens with one attached hydrogen (secondary N) is 1. The van der Waals surface area contributed by atoms with E-state index in [4.69, 9.17) is 10.8 Å². The minimum atomic E-state index is -3.77. The van der Waals surface area contributed by atoms with Crippen LogP contribution in [0.1, 0.15) is 5.69 Å². The van der Waals surface area contributed by atoms with Crippen LogP contribution in [0.15, 0.2) is 41.4 Å². The lowest BCUT2D eigenvalue weighted by atomic mass is 10.3. The number of hydrogen-bond acceptors (Lipinski definition) is 6. The SMILES string of the molecule is Nc1ccc(S(=O)(=O)Nc2nccc(CO)n2)cc1. The number of nitrogens with zero attached hydrogens (tertiary/aromatic N) is 2. The summed E-state index contributed by atoms with van der Waals surface area (Å²) in [6.45, 7) is -0.293. The molecular weight excluding hydrogens is 268 g/mol. The number of aliphatic hydroxyl groups is 1. The van der Waals surface area contributed by atoms with E-state index in [1.807, 2.05) is 0 Å². The van der Waals surface area contributed by atoms with Crippen LogP contribution in [0.3, 0.4) is 0 Å². The van der Waals surface area contributed by atoms with Gasteiger partial charge in [-0.3, -0.25) is 0 Å². The van der Waals surface area contributed by atoms with Gasteiger partial charge >= 0.3 is 0 Å². The Kier molecular flexibility index (Phi) is 3.63. The maximum atomic E-state index is 12.0. The molecule has 8 heteroatoms. The summed E-state index contributed by atoms with van der Waals surface area (Å²) in [6, 6.07) is 7.22. The Morgan fingerprint density at radius 2 is 1.89 bits per heavy atom. The Morgan fingerprint density at radius 1 is 1.21 bits per heavy atom. The van der Waals surface area contributed by atoms with E-state index in [0.717, 1.165) is 0 Å². The summed E-state index contributed by atoms with van der Waals surface area (Å²) < 4.78 is 26.3. The van der Waals surface area contributed by atoms with E-state index in [9.17, 15) is 8.42 Å². The number of nitrogen functional groups attached to an aromatic ring is 1. The molecule has 0 radical (unpaired) electrons. The van der Waals surface area contributed by atoms with Crippen molar-refractivity contribution in [3.05, 3.63) is 42.2 Å². The highest BCUT2D eigenvalue weighted by atomic mass is 32.2. The minimum Gasteiger partial charge on any atom is -0.399 e. The number of hydrogen-bond donors (Lipinski definition) is 3. The third kappa shape index (κ3) is 3.18. The third-order valence-corrected chi connectivity index (χ3v) is 3.64. The van der Waals surface area contributed by atoms with Crippen LogP contribution < -0.4 is 10.5 Å². The van der Waals surface area contributed by atoms with Crippen LogP contribution >= 0.6 is 0 Å². The fourth-order valence-corrected chi connectivity index (χ4v) is 2.31. The summed E-state index contributed by atoms with van der Waals surface area (Å²) in [5, 5.41) is 8.93. The fraction of sp³-hybridized carbons (Fsp3) is 0.0909. The number of aliphatic hydroxyl groups excluding tert-OH is 1. The van der Waals surface area contributed by atoms with Crippen LogP contribution in [0, 0.1) is 0 Å². The van der Waals surface area contributed by atoms with Crippen molar-refractivity contribution in [2.45, 2.75) is 11.5 Å². The molecule has 19 heavy (non-hydrogen) atoms. The molecule has 2 rings (SSSR count). The van der Waals surface area contributed by atoms with Crippen LogP contribution in [0.5, 0.6) is 0 Å². The standard InChI is InChI=1S/C11H12N4O3S/c12-8-1-3-10(4-2-8)19(17,18)15-11-13-6-5-9(7-16)14-11/h1-6,16H,7,12H2,(H,13,14,15). The molecule has 4 N–H and O–H groups in total. The molecule has 0 fully saturated rings. The summed E-state index contributed by atoms with van der Waals surface area (Å²) in [4.78, 5) is 7.68. The molecular formula is C11H12N4O3S. The Hall–Kier alpha value is -2.19. The van der Waals surface area contributed by atoms with E-state index < -0.39 is 10.0 Å². The van der Waals surface area contributed by atoms with Gasteiger partial charge in [0.2, 0.25) is 5.95 Å². The van der Waals surface area contributed by atoms with Gasteiger partial charge in [0.15, 0.2) is 0 Å². The van der Waals surface area contributed by atoms with Crippen molar-refractivity contribution in [3.8, 4) is 0 Å². The first-order valence-corrected chi connectivity index (χ1v) is 6.81. The second kappa shape index (κ2) is 5.21. The van der Waals surface area contributed by atoms with Crippen molar-refractivity contribution in [1.82, 2.24) is 9.97 Å². The van der Waals surface area contributed by atoms with Crippen LogP contribution in [0.25, 0.3) is 0 Å². The van der Waals surface area contributed by atoms with Crippen molar-refractivity contribution in [2.24, 2.45) is 0 Å². The first kappa shape index (κ1) is 13.2. The van der Waals surface area contributed by atoms with E-state index in [1.165, 1.54) is 36.5 Å². The van der Waals surface area contributed by atoms with Gasteiger partial charge < -0.3 is 10.8 Å². The molecule has 0 saturated carbocycles. The Balaban J connectivity index is 2.28. The Morgan fingerprint density at radius 3 is 2.53 bits per heavy atom. The van der Waals surface area contributed by atoms with Crippen LogP contribution in [-0.2, 0) is 16.6 Å². The maximum Gasteiger partial charge on any atom is 0.264 e. The predicted octanol–water partition coefficient (Wildman–Crippen LogP) is 0.352. The van der Waals surface area contributed by atoms with Crippen molar-refractivity contribution in [2.75, 3.05) is 10.5 Å². The van der Waals surface area contributed by atoms with E-state index in [0.29, 0.717) is 11.4 Å². The second-order valence-corrected chi connectivity index (χ2v) is 5.39. The average molecular weight is 280 g/mol. The summed E-state index contributed by atoms with van der Waals surface area (Å²) >= 11 is 0. The van der Waals surface area contributed by atoms with E-state index in [1.54, 1.807) is 0 Å². The lowest BCUT2D eigenvalue weighted by molar-refractivity contribution is 0.277. The van der Waals surface area contributed by atoms with Crippen molar-refractivity contribution < 1.29 is 13.5 Å². The van der Waals surface area contributed by atoms with Gasteiger partial charge in [-0.25, -0.2) is 23.1 Å². The molecule has 100 valence electrons. The van der Waals surface area contributed by atoms with Crippen LogP contribution in [-0.4, -0.2) is 23.5 Å². The largest absolute Gasteiger partial charge is 0.399 e. The van der Waals surface area contributed by atoms with Crippen molar-refractivity contribution in [3.63, 3.8) is 0 Å². The maximum absolute atomic E-state index is 12.0. The van der Waals surface area contributed by atoms with Gasteiger partial charge in [0.05, 0.1) is 17.2 Å². The van der Waals surface area contributed by atoms with Gasteiger partial charge in [-0.2, -0.15) is 0 Å². The zero-order valence-electron chi connectivity index (χ0n) is 9.81. The molecule has 0 aliphatic rings. The zero-order valence-corrected chi connectivity index (χ0v) is 10.6. The van der Waals surface area contributed by atoms with E-state index in [-0.39, 0.29) is 17.5 Å². The van der Waals surface area contributed by atoms with Gasteiger partial charge in [0, 0.05) is 11.9 Å². The molecule has 1 heterocycles. The number of sulfonamides is 1. The molecule has 1 aromatic heterocycles. The Bertz CT molecular complexity index is 671. The summed E-state index contributed by atoms with van der Waals surface area (Å²) in [7, 11) is -3.77. The zero-order chi connectivity index (χ0) is 13.9. The second-order valence-electron chi connectivity index (χ2n) is 3.70. The monoisotopic (exact) mass is 280 g/mol. The number of anilines is 2. The number of benzene rings is 1. The lowest BCUT2D eigenvalue weighted by Crippen LogP contribution is -2.15. The lowest BCUT2D eigenvalue weighted by Gasteiger charge is -2.07. The summed E-state index contributed by atoms with van der Waals surface area (Å²) in [5.74, 6) is -0.0941. The van der Waals surface area contributed by atoms with Crippen LogP contribution in [0.4, 0.5) is 11.6 Å². The van der Waals surface area contributed by atoms with Gasteiger partial charge in [0.25, 0.3) is 10.0 Å². The molecule has 0 unspecified atom stereocenters. The molecule has 0 atom stereocenters. The molecule has 0 bridgehead atoms. The molecule has 0 saturated heterocycles.